The molecule has 0 spiro atoms. The van der Waals surface area contributed by atoms with Gasteiger partial charge in [-0.2, -0.15) is 0 Å². The van der Waals surface area contributed by atoms with Gasteiger partial charge in [0.25, 0.3) is 5.91 Å². The van der Waals surface area contributed by atoms with E-state index in [0.29, 0.717) is 11.3 Å². The minimum absolute atomic E-state index is 0.0235. The lowest BCUT2D eigenvalue weighted by atomic mass is 10.1. The number of anilines is 2. The van der Waals surface area contributed by atoms with Crippen LogP contribution in [0.4, 0.5) is 15.8 Å². The van der Waals surface area contributed by atoms with Crippen molar-refractivity contribution >= 4 is 23.2 Å². The number of nitrogens with one attached hydrogen (secondary N) is 2. The second kappa shape index (κ2) is 6.39. The summed E-state index contributed by atoms with van der Waals surface area (Å²) in [5.74, 6) is -1.23. The van der Waals surface area contributed by atoms with Crippen molar-refractivity contribution in [3.05, 3.63) is 58.9 Å². The van der Waals surface area contributed by atoms with E-state index in [1.54, 1.807) is 12.1 Å². The van der Waals surface area contributed by atoms with Gasteiger partial charge < -0.3 is 10.6 Å². The molecule has 0 saturated carbocycles. The predicted molar refractivity (Wildman–Crippen MR) is 84.6 cm³/mol. The predicted octanol–water partition coefficient (Wildman–Crippen LogP) is 3.65. The molecule has 114 valence electrons. The largest absolute Gasteiger partial charge is 0.326 e. The fourth-order valence-electron chi connectivity index (χ4n) is 2.20. The molecule has 22 heavy (non-hydrogen) atoms. The Bertz CT molecular complexity index is 721. The maximum atomic E-state index is 13.8. The standard InChI is InChI=1S/C17H17FN2O2/c1-10-6-11(2)8-13(7-10)17(22)20-16-9-14(19-12(3)21)4-5-15(16)18/h4-9H,1-3H3,(H,19,21)(H,20,22). The highest BCUT2D eigenvalue weighted by molar-refractivity contribution is 6.05. The van der Waals surface area contributed by atoms with Crippen LogP contribution in [0.3, 0.4) is 0 Å². The van der Waals surface area contributed by atoms with E-state index in [1.165, 1.54) is 25.1 Å². The Morgan fingerprint density at radius 1 is 0.955 bits per heavy atom. The summed E-state index contributed by atoms with van der Waals surface area (Å²) in [6, 6.07) is 9.44. The van der Waals surface area contributed by atoms with Crippen LogP contribution in [-0.4, -0.2) is 11.8 Å². The third-order valence-electron chi connectivity index (χ3n) is 3.02. The van der Waals surface area contributed by atoms with E-state index in [-0.39, 0.29) is 11.6 Å². The van der Waals surface area contributed by atoms with Crippen LogP contribution in [0.2, 0.25) is 0 Å². The molecule has 4 nitrogen and oxygen atoms in total. The van der Waals surface area contributed by atoms with Gasteiger partial charge in [0.05, 0.1) is 5.69 Å². The van der Waals surface area contributed by atoms with Crippen molar-refractivity contribution in [2.45, 2.75) is 20.8 Å². The lowest BCUT2D eigenvalue weighted by Gasteiger charge is -2.10. The molecule has 0 heterocycles. The van der Waals surface area contributed by atoms with Crippen LogP contribution in [0.25, 0.3) is 0 Å². The van der Waals surface area contributed by atoms with Crippen LogP contribution >= 0.6 is 0 Å². The first-order valence-corrected chi connectivity index (χ1v) is 6.82. The van der Waals surface area contributed by atoms with Gasteiger partial charge in [0, 0.05) is 18.2 Å². The maximum Gasteiger partial charge on any atom is 0.255 e. The van der Waals surface area contributed by atoms with E-state index in [0.717, 1.165) is 11.1 Å². The van der Waals surface area contributed by atoms with E-state index in [4.69, 9.17) is 0 Å². The van der Waals surface area contributed by atoms with Crippen molar-refractivity contribution in [2.75, 3.05) is 10.6 Å². The Kier molecular flexibility index (Phi) is 4.56. The zero-order chi connectivity index (χ0) is 16.3. The highest BCUT2D eigenvalue weighted by Crippen LogP contribution is 2.21. The van der Waals surface area contributed by atoms with Gasteiger partial charge in [-0.25, -0.2) is 4.39 Å². The lowest BCUT2D eigenvalue weighted by molar-refractivity contribution is -0.114. The van der Waals surface area contributed by atoms with Crippen LogP contribution in [-0.2, 0) is 4.79 Å². The topological polar surface area (TPSA) is 58.2 Å². The van der Waals surface area contributed by atoms with Crippen LogP contribution in [0.1, 0.15) is 28.4 Å². The van der Waals surface area contributed by atoms with Crippen molar-refractivity contribution < 1.29 is 14.0 Å². The van der Waals surface area contributed by atoms with Crippen LogP contribution < -0.4 is 10.6 Å². The molecule has 0 fully saturated rings. The number of carbonyl (C=O) groups is 2. The Labute approximate surface area is 128 Å². The number of amides is 2. The van der Waals surface area contributed by atoms with Gasteiger partial charge >= 0.3 is 0 Å². The quantitative estimate of drug-likeness (QED) is 0.909. The number of aryl methyl sites for hydroxylation is 2. The van der Waals surface area contributed by atoms with Crippen LogP contribution in [0.5, 0.6) is 0 Å². The summed E-state index contributed by atoms with van der Waals surface area (Å²) in [5, 5.41) is 5.08. The zero-order valence-electron chi connectivity index (χ0n) is 12.7. The van der Waals surface area contributed by atoms with E-state index in [1.807, 2.05) is 19.9 Å². The monoisotopic (exact) mass is 300 g/mol. The van der Waals surface area contributed by atoms with Gasteiger partial charge in [0.1, 0.15) is 5.82 Å². The van der Waals surface area contributed by atoms with Gasteiger partial charge in [-0.1, -0.05) is 17.2 Å². The smallest absolute Gasteiger partial charge is 0.255 e. The molecule has 2 rings (SSSR count). The van der Waals surface area contributed by atoms with Crippen molar-refractivity contribution in [1.82, 2.24) is 0 Å². The molecule has 0 radical (unpaired) electrons. The minimum Gasteiger partial charge on any atom is -0.326 e. The highest BCUT2D eigenvalue weighted by atomic mass is 19.1. The molecular weight excluding hydrogens is 283 g/mol. The Balaban J connectivity index is 2.25. The van der Waals surface area contributed by atoms with Crippen molar-refractivity contribution in [1.29, 1.82) is 0 Å². The Hall–Kier alpha value is -2.69. The molecule has 0 unspecified atom stereocenters. The van der Waals surface area contributed by atoms with Gasteiger partial charge in [-0.05, 0) is 44.2 Å². The highest BCUT2D eigenvalue weighted by Gasteiger charge is 2.11. The van der Waals surface area contributed by atoms with E-state index in [9.17, 15) is 14.0 Å². The first-order chi connectivity index (χ1) is 10.3. The summed E-state index contributed by atoms with van der Waals surface area (Å²) in [6.07, 6.45) is 0. The first-order valence-electron chi connectivity index (χ1n) is 6.82. The molecule has 2 amide bonds. The summed E-state index contributed by atoms with van der Waals surface area (Å²) in [5.41, 5.74) is 2.82. The number of benzene rings is 2. The number of carbonyl (C=O) groups excluding carboxylic acids is 2. The minimum atomic E-state index is -0.563. The van der Waals surface area contributed by atoms with Crippen molar-refractivity contribution in [3.8, 4) is 0 Å². The van der Waals surface area contributed by atoms with Crippen LogP contribution in [0, 0.1) is 19.7 Å². The molecule has 0 aliphatic rings. The third kappa shape index (κ3) is 3.91. The average Bonchev–Trinajstić information content (AvgIpc) is 2.40. The molecule has 0 bridgehead atoms. The Morgan fingerprint density at radius 2 is 1.59 bits per heavy atom. The second-order valence-electron chi connectivity index (χ2n) is 5.21. The van der Waals surface area contributed by atoms with E-state index >= 15 is 0 Å². The SMILES string of the molecule is CC(=O)Nc1ccc(F)c(NC(=O)c2cc(C)cc(C)c2)c1. The second-order valence-corrected chi connectivity index (χ2v) is 5.21. The number of halogens is 1. The molecule has 0 saturated heterocycles. The number of hydrogen-bond acceptors (Lipinski definition) is 2. The van der Waals surface area contributed by atoms with E-state index < -0.39 is 11.7 Å². The number of hydrogen-bond donors (Lipinski definition) is 2. The first kappa shape index (κ1) is 15.7. The molecule has 0 aromatic heterocycles. The van der Waals surface area contributed by atoms with Gasteiger partial charge in [0.15, 0.2) is 0 Å². The lowest BCUT2D eigenvalue weighted by Crippen LogP contribution is -2.14. The summed E-state index contributed by atoms with van der Waals surface area (Å²) in [4.78, 5) is 23.3. The van der Waals surface area contributed by atoms with Gasteiger partial charge in [-0.15, -0.1) is 0 Å². The zero-order valence-corrected chi connectivity index (χ0v) is 12.7. The van der Waals surface area contributed by atoms with Gasteiger partial charge in [-0.3, -0.25) is 9.59 Å². The van der Waals surface area contributed by atoms with E-state index in [2.05, 4.69) is 10.6 Å². The summed E-state index contributed by atoms with van der Waals surface area (Å²) < 4.78 is 13.8. The fourth-order valence-corrected chi connectivity index (χ4v) is 2.20. The third-order valence-corrected chi connectivity index (χ3v) is 3.02. The molecule has 0 aliphatic heterocycles. The average molecular weight is 300 g/mol. The van der Waals surface area contributed by atoms with Crippen LogP contribution in [0.15, 0.2) is 36.4 Å². The molecule has 2 aromatic carbocycles. The molecule has 0 atom stereocenters. The van der Waals surface area contributed by atoms with Gasteiger partial charge in [0.2, 0.25) is 5.91 Å². The summed E-state index contributed by atoms with van der Waals surface area (Å²) in [6.45, 7) is 5.14. The fraction of sp³-hybridized carbons (Fsp3) is 0.176. The van der Waals surface area contributed by atoms with Crippen molar-refractivity contribution in [3.63, 3.8) is 0 Å². The normalized spacial score (nSPS) is 10.2. The molecule has 2 aromatic rings. The summed E-state index contributed by atoms with van der Waals surface area (Å²) in [7, 11) is 0. The van der Waals surface area contributed by atoms with Crippen molar-refractivity contribution in [2.24, 2.45) is 0 Å². The molecule has 5 heteroatoms. The summed E-state index contributed by atoms with van der Waals surface area (Å²) >= 11 is 0. The Morgan fingerprint density at radius 3 is 2.18 bits per heavy atom. The maximum absolute atomic E-state index is 13.8. The number of rotatable bonds is 3. The molecular formula is C17H17FN2O2. The molecule has 2 N–H and O–H groups in total. The molecule has 0 aliphatic carbocycles.